The molecule has 3 rings (SSSR count). The predicted octanol–water partition coefficient (Wildman–Crippen LogP) is 4.97. The summed E-state index contributed by atoms with van der Waals surface area (Å²) < 4.78 is 5.91. The summed E-state index contributed by atoms with van der Waals surface area (Å²) in [4.78, 5) is 12.4. The van der Waals surface area contributed by atoms with Crippen molar-refractivity contribution in [2.45, 2.75) is 26.0 Å². The van der Waals surface area contributed by atoms with Gasteiger partial charge in [0.15, 0.2) is 6.10 Å². The zero-order chi connectivity index (χ0) is 17.6. The molecule has 0 spiro atoms. The predicted molar refractivity (Wildman–Crippen MR) is 102 cm³/mol. The van der Waals surface area contributed by atoms with Crippen molar-refractivity contribution in [3.63, 3.8) is 0 Å². The molecule has 0 saturated carbocycles. The van der Waals surface area contributed by atoms with E-state index in [9.17, 15) is 4.79 Å². The van der Waals surface area contributed by atoms with E-state index in [1.54, 1.807) is 0 Å². The third kappa shape index (κ3) is 4.52. The molecule has 0 radical (unpaired) electrons. The van der Waals surface area contributed by atoms with Crippen molar-refractivity contribution in [3.05, 3.63) is 77.3 Å². The molecule has 0 saturated heterocycles. The second-order valence-corrected chi connectivity index (χ2v) is 6.30. The molecule has 1 N–H and O–H groups in total. The van der Waals surface area contributed by atoms with Gasteiger partial charge in [-0.1, -0.05) is 61.0 Å². The van der Waals surface area contributed by atoms with Gasteiger partial charge in [0.05, 0.1) is 0 Å². The van der Waals surface area contributed by atoms with Crippen molar-refractivity contribution in [1.82, 2.24) is 5.32 Å². The van der Waals surface area contributed by atoms with E-state index in [0.717, 1.165) is 16.3 Å². The first-order valence-corrected chi connectivity index (χ1v) is 8.71. The highest BCUT2D eigenvalue weighted by molar-refractivity contribution is 6.30. The molecule has 4 heteroatoms. The zero-order valence-corrected chi connectivity index (χ0v) is 14.8. The summed E-state index contributed by atoms with van der Waals surface area (Å²) in [5.74, 6) is 0.581. The van der Waals surface area contributed by atoms with Crippen LogP contribution >= 0.6 is 11.6 Å². The maximum absolute atomic E-state index is 12.4. The van der Waals surface area contributed by atoms with E-state index >= 15 is 0 Å². The minimum Gasteiger partial charge on any atom is -0.481 e. The van der Waals surface area contributed by atoms with Crippen molar-refractivity contribution >= 4 is 28.3 Å². The number of ether oxygens (including phenoxy) is 1. The summed E-state index contributed by atoms with van der Waals surface area (Å²) in [6, 6.07) is 21.4. The molecule has 1 atom stereocenters. The topological polar surface area (TPSA) is 38.3 Å². The molecule has 0 aromatic heterocycles. The molecule has 0 bridgehead atoms. The van der Waals surface area contributed by atoms with E-state index in [1.165, 1.54) is 0 Å². The zero-order valence-electron chi connectivity index (χ0n) is 14.0. The molecule has 0 unspecified atom stereocenters. The highest BCUT2D eigenvalue weighted by atomic mass is 35.5. The Kier molecular flexibility index (Phi) is 5.56. The SMILES string of the molecule is CC[C@@H](Oc1ccc2ccccc2c1)C(=O)NCc1ccc(Cl)cc1. The molecule has 3 aromatic rings. The van der Waals surface area contributed by atoms with Crippen LogP contribution < -0.4 is 10.1 Å². The average Bonchev–Trinajstić information content (AvgIpc) is 2.65. The molecular formula is C21H20ClNO2. The number of fused-ring (bicyclic) bond motifs is 1. The van der Waals surface area contributed by atoms with Crippen molar-refractivity contribution in [1.29, 1.82) is 0 Å². The van der Waals surface area contributed by atoms with Gasteiger partial charge in [0.2, 0.25) is 0 Å². The van der Waals surface area contributed by atoms with Gasteiger partial charge >= 0.3 is 0 Å². The van der Waals surface area contributed by atoms with Gasteiger partial charge in [-0.2, -0.15) is 0 Å². The van der Waals surface area contributed by atoms with Crippen molar-refractivity contribution in [3.8, 4) is 5.75 Å². The van der Waals surface area contributed by atoms with Gasteiger partial charge in [-0.05, 0) is 47.0 Å². The third-order valence-corrected chi connectivity index (χ3v) is 4.29. The number of amides is 1. The maximum Gasteiger partial charge on any atom is 0.261 e. The number of nitrogens with one attached hydrogen (secondary N) is 1. The smallest absolute Gasteiger partial charge is 0.261 e. The van der Waals surface area contributed by atoms with Crippen molar-refractivity contribution in [2.24, 2.45) is 0 Å². The monoisotopic (exact) mass is 353 g/mol. The Balaban J connectivity index is 1.64. The first-order valence-electron chi connectivity index (χ1n) is 8.33. The fourth-order valence-corrected chi connectivity index (χ4v) is 2.76. The van der Waals surface area contributed by atoms with E-state index in [0.29, 0.717) is 23.7 Å². The summed E-state index contributed by atoms with van der Waals surface area (Å²) in [6.45, 7) is 2.39. The molecule has 0 heterocycles. The Hall–Kier alpha value is -2.52. The number of halogens is 1. The van der Waals surface area contributed by atoms with Crippen LogP contribution in [-0.4, -0.2) is 12.0 Å². The summed E-state index contributed by atoms with van der Waals surface area (Å²) >= 11 is 5.87. The van der Waals surface area contributed by atoms with Gasteiger partial charge < -0.3 is 10.1 Å². The lowest BCUT2D eigenvalue weighted by Gasteiger charge is -2.17. The average molecular weight is 354 g/mol. The van der Waals surface area contributed by atoms with E-state index in [1.807, 2.05) is 67.6 Å². The molecule has 1 amide bonds. The second kappa shape index (κ2) is 8.04. The molecule has 3 aromatic carbocycles. The molecule has 0 aliphatic rings. The molecule has 25 heavy (non-hydrogen) atoms. The normalized spacial score (nSPS) is 11.9. The standard InChI is InChI=1S/C21H20ClNO2/c1-2-20(21(24)23-14-15-7-10-18(22)11-8-15)25-19-12-9-16-5-3-4-6-17(16)13-19/h3-13,20H,2,14H2,1H3,(H,23,24)/t20-/m1/s1. The maximum atomic E-state index is 12.4. The van der Waals surface area contributed by atoms with Crippen LogP contribution in [0, 0.1) is 0 Å². The minimum absolute atomic E-state index is 0.120. The van der Waals surface area contributed by atoms with Crippen LogP contribution in [0.5, 0.6) is 5.75 Å². The molecular weight excluding hydrogens is 334 g/mol. The Labute approximate surface area is 152 Å². The first kappa shape index (κ1) is 17.3. The Morgan fingerprint density at radius 1 is 1.04 bits per heavy atom. The number of carbonyl (C=O) groups excluding carboxylic acids is 1. The summed E-state index contributed by atoms with van der Waals surface area (Å²) in [5, 5.41) is 5.84. The fraction of sp³-hybridized carbons (Fsp3) is 0.190. The van der Waals surface area contributed by atoms with Crippen LogP contribution in [0.15, 0.2) is 66.7 Å². The van der Waals surface area contributed by atoms with E-state index < -0.39 is 6.10 Å². The number of hydrogen-bond donors (Lipinski definition) is 1. The van der Waals surface area contributed by atoms with Crippen LogP contribution in [-0.2, 0) is 11.3 Å². The lowest BCUT2D eigenvalue weighted by Crippen LogP contribution is -2.37. The van der Waals surface area contributed by atoms with Crippen LogP contribution in [0.2, 0.25) is 5.02 Å². The number of hydrogen-bond acceptors (Lipinski definition) is 2. The number of rotatable bonds is 6. The second-order valence-electron chi connectivity index (χ2n) is 5.87. The largest absolute Gasteiger partial charge is 0.481 e. The molecule has 0 aliphatic carbocycles. The lowest BCUT2D eigenvalue weighted by molar-refractivity contribution is -0.128. The third-order valence-electron chi connectivity index (χ3n) is 4.04. The minimum atomic E-state index is -0.520. The molecule has 0 fully saturated rings. The van der Waals surface area contributed by atoms with E-state index in [2.05, 4.69) is 11.4 Å². The summed E-state index contributed by atoms with van der Waals surface area (Å²) in [7, 11) is 0. The van der Waals surface area contributed by atoms with Gasteiger partial charge in [-0.25, -0.2) is 0 Å². The first-order chi connectivity index (χ1) is 12.2. The highest BCUT2D eigenvalue weighted by Crippen LogP contribution is 2.22. The van der Waals surface area contributed by atoms with E-state index in [-0.39, 0.29) is 5.91 Å². The van der Waals surface area contributed by atoms with Gasteiger partial charge in [0.25, 0.3) is 5.91 Å². The van der Waals surface area contributed by atoms with Crippen LogP contribution in [0.3, 0.4) is 0 Å². The molecule has 0 aliphatic heterocycles. The van der Waals surface area contributed by atoms with Crippen molar-refractivity contribution in [2.75, 3.05) is 0 Å². The van der Waals surface area contributed by atoms with Gasteiger partial charge in [-0.3, -0.25) is 4.79 Å². The summed E-state index contributed by atoms with van der Waals surface area (Å²) in [5.41, 5.74) is 0.998. The van der Waals surface area contributed by atoms with Gasteiger partial charge in [-0.15, -0.1) is 0 Å². The van der Waals surface area contributed by atoms with Gasteiger partial charge in [0, 0.05) is 11.6 Å². The number of carbonyl (C=O) groups is 1. The Bertz CT molecular complexity index is 861. The van der Waals surface area contributed by atoms with Crippen LogP contribution in [0.1, 0.15) is 18.9 Å². The summed E-state index contributed by atoms with van der Waals surface area (Å²) in [6.07, 6.45) is 0.0766. The van der Waals surface area contributed by atoms with Crippen LogP contribution in [0.4, 0.5) is 0 Å². The molecule has 128 valence electrons. The van der Waals surface area contributed by atoms with E-state index in [4.69, 9.17) is 16.3 Å². The van der Waals surface area contributed by atoms with Gasteiger partial charge in [0.1, 0.15) is 5.75 Å². The van der Waals surface area contributed by atoms with Crippen molar-refractivity contribution < 1.29 is 9.53 Å². The molecule has 3 nitrogen and oxygen atoms in total. The Morgan fingerprint density at radius 3 is 2.48 bits per heavy atom. The number of benzene rings is 3. The highest BCUT2D eigenvalue weighted by Gasteiger charge is 2.18. The van der Waals surface area contributed by atoms with Crippen LogP contribution in [0.25, 0.3) is 10.8 Å². The lowest BCUT2D eigenvalue weighted by atomic mass is 10.1. The quantitative estimate of drug-likeness (QED) is 0.679. The fourth-order valence-electron chi connectivity index (χ4n) is 2.63. The Morgan fingerprint density at radius 2 is 1.76 bits per heavy atom.